The van der Waals surface area contributed by atoms with E-state index in [1.54, 1.807) is 0 Å². The lowest BCUT2D eigenvalue weighted by molar-refractivity contribution is -0.145. The molecule has 0 spiro atoms. The molecule has 0 bridgehead atoms. The van der Waals surface area contributed by atoms with Crippen molar-refractivity contribution in [3.63, 3.8) is 0 Å². The molecule has 2 fully saturated rings. The Hall–Kier alpha value is -1.14. The van der Waals surface area contributed by atoms with E-state index in [1.807, 2.05) is 54.7 Å². The molecule has 2 atom stereocenters. The van der Waals surface area contributed by atoms with E-state index in [2.05, 4.69) is 5.32 Å². The molecule has 1 aromatic carbocycles. The minimum atomic E-state index is -0.816. The molecule has 2 aliphatic rings. The third kappa shape index (κ3) is 4.34. The molecule has 1 amide bonds. The second-order valence-corrected chi connectivity index (χ2v) is 9.78. The number of rotatable bonds is 4. The van der Waals surface area contributed by atoms with E-state index in [9.17, 15) is 14.7 Å². The molecule has 4 nitrogen and oxygen atoms in total. The summed E-state index contributed by atoms with van der Waals surface area (Å²) >= 11 is 3.92. The van der Waals surface area contributed by atoms with Gasteiger partial charge in [0.25, 0.3) is 5.91 Å². The first-order valence-electron chi connectivity index (χ1n) is 8.88. The van der Waals surface area contributed by atoms with Crippen LogP contribution in [0.15, 0.2) is 24.3 Å². The summed E-state index contributed by atoms with van der Waals surface area (Å²) in [6.45, 7) is 1.87. The Kier molecular flexibility index (Phi) is 6.00. The van der Waals surface area contributed by atoms with Crippen molar-refractivity contribution in [2.24, 2.45) is 5.92 Å². The van der Waals surface area contributed by atoms with Crippen LogP contribution in [0, 0.1) is 5.92 Å². The Morgan fingerprint density at radius 1 is 1.12 bits per heavy atom. The molecule has 25 heavy (non-hydrogen) atoms. The summed E-state index contributed by atoms with van der Waals surface area (Å²) < 4.78 is 0.457. The highest BCUT2D eigenvalue weighted by molar-refractivity contribution is 8.16. The Balaban J connectivity index is 1.69. The van der Waals surface area contributed by atoms with Crippen molar-refractivity contribution in [3.05, 3.63) is 35.4 Å². The maximum atomic E-state index is 12.7. The number of amides is 1. The molecule has 1 aromatic rings. The van der Waals surface area contributed by atoms with Gasteiger partial charge in [-0.3, -0.25) is 9.59 Å². The van der Waals surface area contributed by atoms with Crippen LogP contribution in [0.1, 0.15) is 59.5 Å². The highest BCUT2D eigenvalue weighted by Gasteiger charge is 2.42. The van der Waals surface area contributed by atoms with Crippen molar-refractivity contribution in [2.75, 3.05) is 11.5 Å². The Labute approximate surface area is 157 Å². The predicted octanol–water partition coefficient (Wildman–Crippen LogP) is 4.32. The standard InChI is InChI=1S/C19H25NO3S2/c1-19(10-3-2-5-15(19)17(22)23)20-16(21)13-6-8-14(9-7-13)18-24-11-4-12-25-18/h6-9,15,18H,2-5,10-12H2,1H3,(H,20,21)(H,22,23). The van der Waals surface area contributed by atoms with Gasteiger partial charge in [0.1, 0.15) is 0 Å². The zero-order valence-electron chi connectivity index (χ0n) is 14.5. The molecule has 0 aromatic heterocycles. The number of hydrogen-bond donors (Lipinski definition) is 2. The third-order valence-electron chi connectivity index (χ3n) is 5.18. The zero-order valence-corrected chi connectivity index (χ0v) is 16.1. The first kappa shape index (κ1) is 18.6. The van der Waals surface area contributed by atoms with Gasteiger partial charge >= 0.3 is 5.97 Å². The molecule has 2 N–H and O–H groups in total. The number of carbonyl (C=O) groups excluding carboxylic acids is 1. The molecule has 1 aliphatic carbocycles. The molecule has 1 saturated heterocycles. The summed E-state index contributed by atoms with van der Waals surface area (Å²) in [5.41, 5.74) is 1.18. The molecule has 1 heterocycles. The second kappa shape index (κ2) is 8.04. The molecule has 3 rings (SSSR count). The van der Waals surface area contributed by atoms with Gasteiger partial charge in [-0.2, -0.15) is 0 Å². The van der Waals surface area contributed by atoms with Crippen LogP contribution in [-0.4, -0.2) is 34.0 Å². The average molecular weight is 380 g/mol. The Morgan fingerprint density at radius 2 is 1.80 bits per heavy atom. The molecule has 0 radical (unpaired) electrons. The van der Waals surface area contributed by atoms with Crippen LogP contribution in [0.25, 0.3) is 0 Å². The van der Waals surface area contributed by atoms with Crippen molar-refractivity contribution in [1.82, 2.24) is 5.32 Å². The SMILES string of the molecule is CC1(NC(=O)c2ccc(C3SCCCS3)cc2)CCCCC1C(=O)O. The predicted molar refractivity (Wildman–Crippen MR) is 104 cm³/mol. The first-order chi connectivity index (χ1) is 12.0. The van der Waals surface area contributed by atoms with Crippen LogP contribution < -0.4 is 5.32 Å². The van der Waals surface area contributed by atoms with Crippen molar-refractivity contribution in [1.29, 1.82) is 0 Å². The van der Waals surface area contributed by atoms with Gasteiger partial charge in [-0.1, -0.05) is 25.0 Å². The highest BCUT2D eigenvalue weighted by Crippen LogP contribution is 2.43. The van der Waals surface area contributed by atoms with Gasteiger partial charge in [0.05, 0.1) is 16.0 Å². The molecule has 2 unspecified atom stereocenters. The minimum Gasteiger partial charge on any atom is -0.481 e. The lowest BCUT2D eigenvalue weighted by Gasteiger charge is -2.39. The zero-order chi connectivity index (χ0) is 17.9. The van der Waals surface area contributed by atoms with Crippen LogP contribution in [-0.2, 0) is 4.79 Å². The van der Waals surface area contributed by atoms with Crippen LogP contribution in [0.4, 0.5) is 0 Å². The van der Waals surface area contributed by atoms with E-state index in [0.717, 1.165) is 12.8 Å². The third-order valence-corrected chi connectivity index (χ3v) is 8.19. The fourth-order valence-corrected chi connectivity index (χ4v) is 6.58. The molecular weight excluding hydrogens is 354 g/mol. The number of thioether (sulfide) groups is 2. The summed E-state index contributed by atoms with van der Waals surface area (Å²) in [5, 5.41) is 12.5. The molecule has 6 heteroatoms. The smallest absolute Gasteiger partial charge is 0.308 e. The van der Waals surface area contributed by atoms with Crippen LogP contribution >= 0.6 is 23.5 Å². The van der Waals surface area contributed by atoms with E-state index >= 15 is 0 Å². The number of nitrogens with one attached hydrogen (secondary N) is 1. The number of carboxylic acids is 1. The first-order valence-corrected chi connectivity index (χ1v) is 11.0. The highest BCUT2D eigenvalue weighted by atomic mass is 32.2. The summed E-state index contributed by atoms with van der Waals surface area (Å²) in [6, 6.07) is 7.79. The van der Waals surface area contributed by atoms with Crippen molar-refractivity contribution in [2.45, 2.75) is 49.1 Å². The Bertz CT molecular complexity index is 628. The van der Waals surface area contributed by atoms with Crippen molar-refractivity contribution >= 4 is 35.4 Å². The quantitative estimate of drug-likeness (QED) is 0.816. The van der Waals surface area contributed by atoms with E-state index in [1.165, 1.54) is 23.5 Å². The number of carboxylic acid groups (broad SMARTS) is 1. The van der Waals surface area contributed by atoms with Crippen molar-refractivity contribution < 1.29 is 14.7 Å². The normalized spacial score (nSPS) is 27.6. The van der Waals surface area contributed by atoms with Gasteiger partial charge in [-0.25, -0.2) is 0 Å². The number of carbonyl (C=O) groups is 2. The van der Waals surface area contributed by atoms with Crippen LogP contribution in [0.5, 0.6) is 0 Å². The van der Waals surface area contributed by atoms with E-state index in [-0.39, 0.29) is 5.91 Å². The van der Waals surface area contributed by atoms with Gasteiger partial charge in [0.2, 0.25) is 0 Å². The van der Waals surface area contributed by atoms with Crippen LogP contribution in [0.3, 0.4) is 0 Å². The summed E-state index contributed by atoms with van der Waals surface area (Å²) in [6.07, 6.45) is 4.46. The van der Waals surface area contributed by atoms with Gasteiger partial charge in [0, 0.05) is 5.56 Å². The fraction of sp³-hybridized carbons (Fsp3) is 0.579. The van der Waals surface area contributed by atoms with Crippen molar-refractivity contribution in [3.8, 4) is 0 Å². The van der Waals surface area contributed by atoms with E-state index in [0.29, 0.717) is 23.0 Å². The average Bonchev–Trinajstić information content (AvgIpc) is 2.62. The fourth-order valence-electron chi connectivity index (χ4n) is 3.68. The van der Waals surface area contributed by atoms with Crippen LogP contribution in [0.2, 0.25) is 0 Å². The monoisotopic (exact) mass is 379 g/mol. The molecule has 1 aliphatic heterocycles. The summed E-state index contributed by atoms with van der Waals surface area (Å²) in [5.74, 6) is 0.874. The summed E-state index contributed by atoms with van der Waals surface area (Å²) in [7, 11) is 0. The lowest BCUT2D eigenvalue weighted by atomic mass is 9.73. The topological polar surface area (TPSA) is 66.4 Å². The Morgan fingerprint density at radius 3 is 2.44 bits per heavy atom. The molecular formula is C19H25NO3S2. The second-order valence-electron chi connectivity index (χ2n) is 7.06. The van der Waals surface area contributed by atoms with Gasteiger partial charge in [-0.05, 0) is 55.4 Å². The minimum absolute atomic E-state index is 0.175. The maximum absolute atomic E-state index is 12.7. The number of hydrogen-bond acceptors (Lipinski definition) is 4. The lowest BCUT2D eigenvalue weighted by Crippen LogP contribution is -2.55. The molecule has 1 saturated carbocycles. The van der Waals surface area contributed by atoms with Gasteiger partial charge < -0.3 is 10.4 Å². The van der Waals surface area contributed by atoms with E-state index < -0.39 is 17.4 Å². The maximum Gasteiger partial charge on any atom is 0.308 e. The molecule has 136 valence electrons. The van der Waals surface area contributed by atoms with E-state index in [4.69, 9.17) is 0 Å². The van der Waals surface area contributed by atoms with Gasteiger partial charge in [-0.15, -0.1) is 23.5 Å². The van der Waals surface area contributed by atoms with Gasteiger partial charge in [0.15, 0.2) is 0 Å². The number of aliphatic carboxylic acids is 1. The number of benzene rings is 1. The summed E-state index contributed by atoms with van der Waals surface area (Å²) in [4.78, 5) is 24.2. The largest absolute Gasteiger partial charge is 0.481 e.